The van der Waals surface area contributed by atoms with E-state index in [0.717, 1.165) is 25.4 Å². The number of piperidine rings is 1. The fraction of sp³-hybridized carbons (Fsp3) is 0.889. The number of hydrogen-bond donors (Lipinski definition) is 3. The first-order valence-corrected chi connectivity index (χ1v) is 11.9. The molecule has 0 spiro atoms. The first-order chi connectivity index (χ1) is 12.9. The summed E-state index contributed by atoms with van der Waals surface area (Å²) in [4.78, 5) is 18.6. The average Bonchev–Trinajstić information content (AvgIpc) is 2.96. The number of carbonyl (C=O) groups is 1. The van der Waals surface area contributed by atoms with Crippen molar-refractivity contribution in [1.82, 2.24) is 20.9 Å². The van der Waals surface area contributed by atoms with Crippen LogP contribution in [0.3, 0.4) is 0 Å². The van der Waals surface area contributed by atoms with Gasteiger partial charge in [-0.05, 0) is 51.2 Å². The smallest absolute Gasteiger partial charge is 0.222 e. The maximum atomic E-state index is 11.9. The van der Waals surface area contributed by atoms with Gasteiger partial charge in [0.25, 0.3) is 0 Å². The number of nitrogens with zero attached hydrogens (tertiary/aromatic N) is 2. The highest BCUT2D eigenvalue weighted by Gasteiger charge is 2.28. The van der Waals surface area contributed by atoms with Crippen molar-refractivity contribution in [3.8, 4) is 0 Å². The number of hydrogen-bond acceptors (Lipinski definition) is 5. The van der Waals surface area contributed by atoms with Gasteiger partial charge in [0, 0.05) is 32.6 Å². The van der Waals surface area contributed by atoms with E-state index in [-0.39, 0.29) is 47.4 Å². The van der Waals surface area contributed by atoms with Gasteiger partial charge in [-0.25, -0.2) is 8.42 Å². The summed E-state index contributed by atoms with van der Waals surface area (Å²) in [6, 6.07) is -0.238. The van der Waals surface area contributed by atoms with Crippen LogP contribution in [0.5, 0.6) is 0 Å². The number of likely N-dealkylation sites (tertiary alicyclic amines) is 1. The third-order valence-electron chi connectivity index (χ3n) is 5.29. The number of carbonyl (C=O) groups excluding carboxylic acids is 1. The first-order valence-electron chi connectivity index (χ1n) is 10.0. The van der Waals surface area contributed by atoms with Crippen LogP contribution in [0, 0.1) is 5.92 Å². The van der Waals surface area contributed by atoms with Crippen molar-refractivity contribution < 1.29 is 13.2 Å². The van der Waals surface area contributed by atoms with E-state index < -0.39 is 9.84 Å². The summed E-state index contributed by atoms with van der Waals surface area (Å²) in [6.07, 6.45) is 4.46. The van der Waals surface area contributed by atoms with Gasteiger partial charge in [0.1, 0.15) is 0 Å². The molecule has 164 valence electrons. The molecule has 0 bridgehead atoms. The highest BCUT2D eigenvalue weighted by Crippen LogP contribution is 2.15. The second-order valence-electron chi connectivity index (χ2n) is 7.72. The van der Waals surface area contributed by atoms with Crippen molar-refractivity contribution >= 4 is 45.7 Å². The molecule has 1 amide bonds. The molecule has 0 aromatic heterocycles. The Bertz CT molecular complexity index is 606. The highest BCUT2D eigenvalue weighted by molar-refractivity contribution is 14.0. The van der Waals surface area contributed by atoms with Gasteiger partial charge in [-0.2, -0.15) is 0 Å². The molecule has 28 heavy (non-hydrogen) atoms. The summed E-state index contributed by atoms with van der Waals surface area (Å²) in [6.45, 7) is 7.14. The molecule has 0 aliphatic carbocycles. The van der Waals surface area contributed by atoms with Crippen molar-refractivity contribution in [1.29, 1.82) is 0 Å². The van der Waals surface area contributed by atoms with Crippen LogP contribution in [0.15, 0.2) is 4.99 Å². The zero-order valence-corrected chi connectivity index (χ0v) is 20.2. The van der Waals surface area contributed by atoms with Gasteiger partial charge in [-0.1, -0.05) is 6.92 Å². The Hall–Kier alpha value is -0.620. The van der Waals surface area contributed by atoms with Crippen LogP contribution in [0.2, 0.25) is 0 Å². The lowest BCUT2D eigenvalue weighted by molar-refractivity contribution is -0.121. The van der Waals surface area contributed by atoms with Crippen LogP contribution in [0.25, 0.3) is 0 Å². The average molecular weight is 529 g/mol. The number of rotatable bonds is 8. The number of guanidine groups is 1. The van der Waals surface area contributed by atoms with Crippen molar-refractivity contribution in [3.63, 3.8) is 0 Å². The Labute approximate surface area is 186 Å². The van der Waals surface area contributed by atoms with Crippen LogP contribution in [0.4, 0.5) is 0 Å². The van der Waals surface area contributed by atoms with Crippen molar-refractivity contribution in [3.05, 3.63) is 0 Å². The molecule has 2 fully saturated rings. The van der Waals surface area contributed by atoms with Crippen molar-refractivity contribution in [2.45, 2.75) is 45.1 Å². The minimum absolute atomic E-state index is 0. The van der Waals surface area contributed by atoms with Crippen LogP contribution in [-0.2, 0) is 14.6 Å². The standard InChI is InChI=1S/C18H35N5O3S.HI/c1-15-5-11-23(12-6-15)10-3-8-20-18(19-2)21-9-4-17(24)22-16-7-13-27(25,26)14-16;/h15-16H,3-14H2,1-2H3,(H,22,24)(H2,19,20,21);1H. The summed E-state index contributed by atoms with van der Waals surface area (Å²) in [5.41, 5.74) is 0. The second kappa shape index (κ2) is 12.8. The number of amides is 1. The van der Waals surface area contributed by atoms with E-state index >= 15 is 0 Å². The SMILES string of the molecule is CN=C(NCCCN1CCC(C)CC1)NCCC(=O)NC1CCS(=O)(=O)C1.I. The number of aliphatic imine (C=N–C) groups is 1. The second-order valence-corrected chi connectivity index (χ2v) is 9.95. The maximum absolute atomic E-state index is 11.9. The van der Waals surface area contributed by atoms with Crippen LogP contribution >= 0.6 is 24.0 Å². The minimum Gasteiger partial charge on any atom is -0.356 e. The first kappa shape index (κ1) is 25.4. The van der Waals surface area contributed by atoms with Crippen molar-refractivity contribution in [2.24, 2.45) is 10.9 Å². The Balaban J connectivity index is 0.00000392. The van der Waals surface area contributed by atoms with Gasteiger partial charge in [-0.3, -0.25) is 9.79 Å². The topological polar surface area (TPSA) is 103 Å². The summed E-state index contributed by atoms with van der Waals surface area (Å²) in [5.74, 6) is 1.66. The molecule has 0 aromatic carbocycles. The fourth-order valence-electron chi connectivity index (χ4n) is 3.52. The normalized spacial score (nSPS) is 23.1. The third-order valence-corrected chi connectivity index (χ3v) is 7.05. The van der Waals surface area contributed by atoms with E-state index in [1.807, 2.05) is 0 Å². The Morgan fingerprint density at radius 1 is 1.14 bits per heavy atom. The lowest BCUT2D eigenvalue weighted by Crippen LogP contribution is -2.42. The summed E-state index contributed by atoms with van der Waals surface area (Å²) in [5, 5.41) is 9.20. The van der Waals surface area contributed by atoms with E-state index in [9.17, 15) is 13.2 Å². The van der Waals surface area contributed by atoms with E-state index in [1.54, 1.807) is 7.05 Å². The molecule has 1 unspecified atom stereocenters. The fourth-order valence-corrected chi connectivity index (χ4v) is 5.19. The number of halogens is 1. The molecule has 2 heterocycles. The molecule has 8 nitrogen and oxygen atoms in total. The molecule has 10 heteroatoms. The minimum atomic E-state index is -2.97. The maximum Gasteiger partial charge on any atom is 0.222 e. The van der Waals surface area contributed by atoms with Gasteiger partial charge in [-0.15, -0.1) is 24.0 Å². The van der Waals surface area contributed by atoms with Gasteiger partial charge in [0.15, 0.2) is 15.8 Å². The lowest BCUT2D eigenvalue weighted by atomic mass is 9.99. The molecule has 3 N–H and O–H groups in total. The van der Waals surface area contributed by atoms with E-state index in [2.05, 4.69) is 32.8 Å². The molecule has 2 rings (SSSR count). The van der Waals surface area contributed by atoms with Crippen LogP contribution < -0.4 is 16.0 Å². The molecule has 2 aliphatic rings. The summed E-state index contributed by atoms with van der Waals surface area (Å²) >= 11 is 0. The largest absolute Gasteiger partial charge is 0.356 e. The van der Waals surface area contributed by atoms with Crippen molar-refractivity contribution in [2.75, 3.05) is 51.3 Å². The van der Waals surface area contributed by atoms with Crippen LogP contribution in [-0.4, -0.2) is 82.5 Å². The van der Waals surface area contributed by atoms with Gasteiger partial charge >= 0.3 is 0 Å². The predicted octanol–water partition coefficient (Wildman–Crippen LogP) is 0.585. The monoisotopic (exact) mass is 529 g/mol. The van der Waals surface area contributed by atoms with Gasteiger partial charge in [0.2, 0.25) is 5.91 Å². The highest BCUT2D eigenvalue weighted by atomic mass is 127. The molecule has 2 saturated heterocycles. The van der Waals surface area contributed by atoms with Crippen LogP contribution in [0.1, 0.15) is 39.0 Å². The predicted molar refractivity (Wildman–Crippen MR) is 124 cm³/mol. The molecule has 1 atom stereocenters. The third kappa shape index (κ3) is 9.73. The number of sulfone groups is 1. The van der Waals surface area contributed by atoms with E-state index in [0.29, 0.717) is 25.3 Å². The Kier molecular flexibility index (Phi) is 11.7. The molecule has 0 radical (unpaired) electrons. The van der Waals surface area contributed by atoms with E-state index in [4.69, 9.17) is 0 Å². The quantitative estimate of drug-likeness (QED) is 0.184. The molecule has 2 aliphatic heterocycles. The molecule has 0 saturated carbocycles. The van der Waals surface area contributed by atoms with Gasteiger partial charge in [0.05, 0.1) is 11.5 Å². The zero-order valence-electron chi connectivity index (χ0n) is 17.1. The Morgan fingerprint density at radius 2 is 1.82 bits per heavy atom. The van der Waals surface area contributed by atoms with E-state index in [1.165, 1.54) is 25.9 Å². The lowest BCUT2D eigenvalue weighted by Gasteiger charge is -2.30. The summed E-state index contributed by atoms with van der Waals surface area (Å²) < 4.78 is 22.8. The molecule has 0 aromatic rings. The molecular formula is C18H36IN5O3S. The zero-order chi connectivity index (χ0) is 19.7. The molecular weight excluding hydrogens is 493 g/mol. The summed E-state index contributed by atoms with van der Waals surface area (Å²) in [7, 11) is -1.25. The van der Waals surface area contributed by atoms with Gasteiger partial charge < -0.3 is 20.9 Å². The Morgan fingerprint density at radius 3 is 2.43 bits per heavy atom. The number of nitrogens with one attached hydrogen (secondary N) is 3.